The molecule has 8 heteroatoms. The Morgan fingerprint density at radius 3 is 1.87 bits per heavy atom. The lowest BCUT2D eigenvalue weighted by atomic mass is 10.1. The molecule has 0 saturated carbocycles. The van der Waals surface area contributed by atoms with Crippen LogP contribution in [0.3, 0.4) is 0 Å². The Hall–Kier alpha value is -2.42. The van der Waals surface area contributed by atoms with Crippen LogP contribution in [0.4, 0.5) is 0 Å². The minimum Gasteiger partial charge on any atom is -0.508 e. The van der Waals surface area contributed by atoms with Crippen molar-refractivity contribution in [2.24, 2.45) is 0 Å². The molecular weight excluding hydrogens is 452 g/mol. The Bertz CT molecular complexity index is 837. The lowest BCUT2D eigenvalue weighted by Crippen LogP contribution is -2.45. The number of benzene rings is 2. The van der Waals surface area contributed by atoms with Crippen molar-refractivity contribution in [3.05, 3.63) is 63.6 Å². The zero-order valence-electron chi connectivity index (χ0n) is 16.9. The first kappa shape index (κ1) is 23.9. The van der Waals surface area contributed by atoms with Crippen molar-refractivity contribution in [2.45, 2.75) is 26.4 Å². The van der Waals surface area contributed by atoms with Gasteiger partial charge in [0.2, 0.25) is 0 Å². The number of hydrogen-bond donors (Lipinski definition) is 3. The Morgan fingerprint density at radius 1 is 0.867 bits per heavy atom. The van der Waals surface area contributed by atoms with E-state index >= 15 is 0 Å². The number of carboxylic acids is 2. The second-order valence-electron chi connectivity index (χ2n) is 7.11. The van der Waals surface area contributed by atoms with Gasteiger partial charge in [0.1, 0.15) is 5.75 Å². The number of piperazine rings is 1. The van der Waals surface area contributed by atoms with Crippen LogP contribution in [0.5, 0.6) is 5.75 Å². The number of carbonyl (C=O) groups is 2. The molecule has 162 valence electrons. The summed E-state index contributed by atoms with van der Waals surface area (Å²) in [4.78, 5) is 23.1. The van der Waals surface area contributed by atoms with Crippen LogP contribution in [-0.4, -0.2) is 63.2 Å². The molecule has 1 fully saturated rings. The highest BCUT2D eigenvalue weighted by Gasteiger charge is 2.18. The number of phenols is 1. The van der Waals surface area contributed by atoms with E-state index in [2.05, 4.69) is 56.9 Å². The molecule has 2 aromatic rings. The minimum atomic E-state index is -1.82. The highest BCUT2D eigenvalue weighted by molar-refractivity contribution is 9.10. The lowest BCUT2D eigenvalue weighted by molar-refractivity contribution is -0.159. The van der Waals surface area contributed by atoms with Crippen LogP contribution in [-0.2, 0) is 29.1 Å². The number of aryl methyl sites for hydroxylation is 1. The SMILES string of the molecule is CCc1ccc(CN2CCN(Cc3cc(Br)ccc3O)CC2)cc1.O=C(O)C(=O)O. The summed E-state index contributed by atoms with van der Waals surface area (Å²) < 4.78 is 1.02. The van der Waals surface area contributed by atoms with Crippen LogP contribution >= 0.6 is 15.9 Å². The molecule has 0 atom stereocenters. The van der Waals surface area contributed by atoms with Crippen LogP contribution in [0.2, 0.25) is 0 Å². The second-order valence-corrected chi connectivity index (χ2v) is 8.02. The van der Waals surface area contributed by atoms with Crippen molar-refractivity contribution < 1.29 is 24.9 Å². The van der Waals surface area contributed by atoms with Gasteiger partial charge in [0.05, 0.1) is 0 Å². The molecule has 1 aliphatic heterocycles. The molecule has 0 unspecified atom stereocenters. The van der Waals surface area contributed by atoms with Gasteiger partial charge in [-0.25, -0.2) is 9.59 Å². The molecule has 2 aromatic carbocycles. The average Bonchev–Trinajstić information content (AvgIpc) is 2.73. The van der Waals surface area contributed by atoms with E-state index in [1.54, 1.807) is 6.07 Å². The van der Waals surface area contributed by atoms with Crippen molar-refractivity contribution in [3.8, 4) is 5.75 Å². The quantitative estimate of drug-likeness (QED) is 0.567. The summed E-state index contributed by atoms with van der Waals surface area (Å²) in [5, 5.41) is 24.8. The summed E-state index contributed by atoms with van der Waals surface area (Å²) in [6.45, 7) is 8.26. The average molecular weight is 479 g/mol. The third-order valence-corrected chi connectivity index (χ3v) is 5.41. The fourth-order valence-corrected chi connectivity index (χ4v) is 3.57. The maximum Gasteiger partial charge on any atom is 0.414 e. The molecule has 1 aliphatic rings. The molecule has 0 aromatic heterocycles. The van der Waals surface area contributed by atoms with Crippen LogP contribution in [0.15, 0.2) is 46.9 Å². The molecule has 0 bridgehead atoms. The first-order valence-electron chi connectivity index (χ1n) is 9.74. The van der Waals surface area contributed by atoms with E-state index in [4.69, 9.17) is 19.8 Å². The van der Waals surface area contributed by atoms with Crippen LogP contribution < -0.4 is 0 Å². The Kier molecular flexibility index (Phi) is 9.29. The highest BCUT2D eigenvalue weighted by Crippen LogP contribution is 2.23. The van der Waals surface area contributed by atoms with E-state index in [0.717, 1.165) is 55.7 Å². The van der Waals surface area contributed by atoms with Crippen molar-refractivity contribution >= 4 is 27.9 Å². The number of phenolic OH excluding ortho intramolecular Hbond substituents is 1. The van der Waals surface area contributed by atoms with E-state index in [1.807, 2.05) is 12.1 Å². The summed E-state index contributed by atoms with van der Waals surface area (Å²) in [5.74, 6) is -3.26. The minimum absolute atomic E-state index is 0.386. The lowest BCUT2D eigenvalue weighted by Gasteiger charge is -2.34. The number of aliphatic carboxylic acids is 2. The molecular formula is C22H27BrN2O5. The summed E-state index contributed by atoms with van der Waals surface area (Å²) in [7, 11) is 0. The molecule has 7 nitrogen and oxygen atoms in total. The normalized spacial score (nSPS) is 14.6. The first-order chi connectivity index (χ1) is 14.3. The number of hydrogen-bond acceptors (Lipinski definition) is 5. The number of aromatic hydroxyl groups is 1. The van der Waals surface area contributed by atoms with Gasteiger partial charge in [0.25, 0.3) is 0 Å². The molecule has 0 radical (unpaired) electrons. The first-order valence-corrected chi connectivity index (χ1v) is 10.5. The molecule has 1 saturated heterocycles. The Labute approximate surface area is 184 Å². The van der Waals surface area contributed by atoms with Gasteiger partial charge in [0.15, 0.2) is 0 Å². The molecule has 1 heterocycles. The van der Waals surface area contributed by atoms with Gasteiger partial charge < -0.3 is 15.3 Å². The summed E-state index contributed by atoms with van der Waals surface area (Å²) in [6, 6.07) is 14.6. The van der Waals surface area contributed by atoms with Gasteiger partial charge in [0, 0.05) is 49.3 Å². The molecule has 0 amide bonds. The second kappa shape index (κ2) is 11.7. The molecule has 3 rings (SSSR count). The fourth-order valence-electron chi connectivity index (χ4n) is 3.17. The molecule has 30 heavy (non-hydrogen) atoms. The van der Waals surface area contributed by atoms with Crippen molar-refractivity contribution in [1.29, 1.82) is 0 Å². The number of carboxylic acid groups (broad SMARTS) is 2. The number of rotatable bonds is 5. The van der Waals surface area contributed by atoms with E-state index in [-0.39, 0.29) is 0 Å². The van der Waals surface area contributed by atoms with E-state index < -0.39 is 11.9 Å². The van der Waals surface area contributed by atoms with Crippen molar-refractivity contribution in [3.63, 3.8) is 0 Å². The Balaban J connectivity index is 0.000000469. The van der Waals surface area contributed by atoms with Gasteiger partial charge in [-0.3, -0.25) is 9.80 Å². The largest absolute Gasteiger partial charge is 0.508 e. The monoisotopic (exact) mass is 478 g/mol. The highest BCUT2D eigenvalue weighted by atomic mass is 79.9. The van der Waals surface area contributed by atoms with Crippen molar-refractivity contribution in [2.75, 3.05) is 26.2 Å². The van der Waals surface area contributed by atoms with Gasteiger partial charge in [-0.2, -0.15) is 0 Å². The zero-order valence-corrected chi connectivity index (χ0v) is 18.5. The van der Waals surface area contributed by atoms with Crippen LogP contribution in [0, 0.1) is 0 Å². The Morgan fingerprint density at radius 2 is 1.37 bits per heavy atom. The topological polar surface area (TPSA) is 101 Å². The molecule has 0 aliphatic carbocycles. The third kappa shape index (κ3) is 7.78. The van der Waals surface area contributed by atoms with E-state index in [1.165, 1.54) is 11.1 Å². The number of halogens is 1. The number of nitrogens with zero attached hydrogens (tertiary/aromatic N) is 2. The van der Waals surface area contributed by atoms with Gasteiger partial charge in [-0.1, -0.05) is 47.1 Å². The van der Waals surface area contributed by atoms with Gasteiger partial charge in [-0.15, -0.1) is 0 Å². The van der Waals surface area contributed by atoms with Crippen LogP contribution in [0.1, 0.15) is 23.6 Å². The third-order valence-electron chi connectivity index (χ3n) is 4.92. The summed E-state index contributed by atoms with van der Waals surface area (Å²) >= 11 is 3.48. The van der Waals surface area contributed by atoms with Gasteiger partial charge >= 0.3 is 11.9 Å². The fraction of sp³-hybridized carbons (Fsp3) is 0.364. The predicted molar refractivity (Wildman–Crippen MR) is 117 cm³/mol. The van der Waals surface area contributed by atoms with E-state index in [0.29, 0.717) is 5.75 Å². The summed E-state index contributed by atoms with van der Waals surface area (Å²) in [5.41, 5.74) is 3.79. The van der Waals surface area contributed by atoms with E-state index in [9.17, 15) is 5.11 Å². The zero-order chi connectivity index (χ0) is 22.1. The maximum atomic E-state index is 10.00. The van der Waals surface area contributed by atoms with Gasteiger partial charge in [-0.05, 0) is 35.7 Å². The smallest absolute Gasteiger partial charge is 0.414 e. The molecule has 3 N–H and O–H groups in total. The standard InChI is InChI=1S/C20H25BrN2O.C2H2O4/c1-2-16-3-5-17(6-4-16)14-22-9-11-23(12-10-22)15-18-13-19(21)7-8-20(18)24;3-1(4)2(5)6/h3-8,13,24H,2,9-12,14-15H2,1H3;(H,3,4)(H,5,6). The van der Waals surface area contributed by atoms with Crippen molar-refractivity contribution in [1.82, 2.24) is 9.80 Å². The predicted octanol–water partition coefficient (Wildman–Crippen LogP) is 3.19. The molecule has 0 spiro atoms. The van der Waals surface area contributed by atoms with Crippen LogP contribution in [0.25, 0.3) is 0 Å². The summed E-state index contributed by atoms with van der Waals surface area (Å²) in [6.07, 6.45) is 1.10. The maximum absolute atomic E-state index is 10.00.